The Morgan fingerprint density at radius 3 is 2.59 bits per heavy atom. The number of nitrogens with zero attached hydrogens (tertiary/aromatic N) is 3. The molecule has 0 unspecified atom stereocenters. The van der Waals surface area contributed by atoms with Crippen LogP contribution < -0.4 is 9.80 Å². The zero-order valence-electron chi connectivity index (χ0n) is 15.5. The molecule has 156 valence electrons. The van der Waals surface area contributed by atoms with Gasteiger partial charge in [0, 0.05) is 18.4 Å². The lowest BCUT2D eigenvalue weighted by Crippen LogP contribution is -2.47. The molecule has 0 radical (unpaired) electrons. The van der Waals surface area contributed by atoms with E-state index in [2.05, 4.69) is 4.98 Å². The van der Waals surface area contributed by atoms with Gasteiger partial charge in [-0.2, -0.15) is 13.2 Å². The monoisotopic (exact) mass is 431 g/mol. The second-order valence-electron chi connectivity index (χ2n) is 6.83. The predicted molar refractivity (Wildman–Crippen MR) is 100 cm³/mol. The highest BCUT2D eigenvalue weighted by Gasteiger charge is 2.41. The number of halogens is 5. The van der Waals surface area contributed by atoms with Crippen molar-refractivity contribution in [2.75, 3.05) is 16.8 Å². The molecule has 2 aromatic rings. The smallest absolute Gasteiger partial charge is 0.374 e. The molecule has 1 saturated heterocycles. The number of aryl methyl sites for hydroxylation is 1. The maximum Gasteiger partial charge on any atom is 0.416 e. The summed E-state index contributed by atoms with van der Waals surface area (Å²) in [4.78, 5) is 19.5. The van der Waals surface area contributed by atoms with Crippen LogP contribution in [-0.2, 0) is 11.0 Å². The van der Waals surface area contributed by atoms with E-state index in [4.69, 9.17) is 11.6 Å². The van der Waals surface area contributed by atoms with Crippen molar-refractivity contribution in [2.45, 2.75) is 38.2 Å². The average Bonchev–Trinajstić information content (AvgIpc) is 3.03. The van der Waals surface area contributed by atoms with Crippen LogP contribution in [0.3, 0.4) is 0 Å². The molecule has 2 heterocycles. The van der Waals surface area contributed by atoms with Crippen molar-refractivity contribution in [3.05, 3.63) is 52.4 Å². The van der Waals surface area contributed by atoms with Crippen molar-refractivity contribution in [1.29, 1.82) is 0 Å². The number of carbonyl (C=O) groups excluding carboxylic acids is 1. The Balaban J connectivity index is 1.94. The highest BCUT2D eigenvalue weighted by Crippen LogP contribution is 2.35. The minimum absolute atomic E-state index is 0.110. The number of alkyl halides is 3. The van der Waals surface area contributed by atoms with Gasteiger partial charge in [0.15, 0.2) is 0 Å². The molecule has 10 heteroatoms. The number of aliphatic hydroxyl groups is 1. The molecule has 1 aromatic heterocycles. The van der Waals surface area contributed by atoms with E-state index < -0.39 is 35.7 Å². The highest BCUT2D eigenvalue weighted by molar-refractivity contribution is 6.31. The van der Waals surface area contributed by atoms with Gasteiger partial charge in [-0.25, -0.2) is 9.37 Å². The maximum atomic E-state index is 13.4. The molecule has 29 heavy (non-hydrogen) atoms. The predicted octanol–water partition coefficient (Wildman–Crippen LogP) is 4.15. The number of hydrogen-bond acceptors (Lipinski definition) is 4. The lowest BCUT2D eigenvalue weighted by atomic mass is 10.1. The van der Waals surface area contributed by atoms with Crippen molar-refractivity contribution in [3.8, 4) is 0 Å². The lowest BCUT2D eigenvalue weighted by Gasteiger charge is -2.31. The SMILES string of the molecule is Cc1cc(C(F)(F)F)cc(N2[C@@H](O)CC[C@H]2C(=O)N(C)c2ccc(F)c(Cl)c2)n1. The number of rotatable bonds is 3. The van der Waals surface area contributed by atoms with Crippen LogP contribution in [0.5, 0.6) is 0 Å². The molecule has 1 amide bonds. The molecule has 1 aliphatic rings. The van der Waals surface area contributed by atoms with E-state index in [0.717, 1.165) is 18.2 Å². The number of aromatic nitrogens is 1. The fraction of sp³-hybridized carbons (Fsp3) is 0.368. The van der Waals surface area contributed by atoms with Gasteiger partial charge < -0.3 is 14.9 Å². The number of anilines is 2. The summed E-state index contributed by atoms with van der Waals surface area (Å²) in [6, 6.07) is 4.53. The first-order valence-corrected chi connectivity index (χ1v) is 9.11. The number of pyridine rings is 1. The van der Waals surface area contributed by atoms with Crippen LogP contribution >= 0.6 is 11.6 Å². The van der Waals surface area contributed by atoms with Crippen LogP contribution in [-0.4, -0.2) is 35.3 Å². The minimum atomic E-state index is -4.59. The normalized spacial score (nSPS) is 19.5. The summed E-state index contributed by atoms with van der Waals surface area (Å²) in [7, 11) is 1.44. The molecule has 0 spiro atoms. The third kappa shape index (κ3) is 4.30. The van der Waals surface area contributed by atoms with Crippen LogP contribution in [0.4, 0.5) is 29.1 Å². The van der Waals surface area contributed by atoms with Crippen molar-refractivity contribution in [3.63, 3.8) is 0 Å². The molecule has 1 aromatic carbocycles. The third-order valence-corrected chi connectivity index (χ3v) is 5.08. The van der Waals surface area contributed by atoms with Gasteiger partial charge in [0.2, 0.25) is 5.91 Å². The second kappa shape index (κ2) is 7.79. The van der Waals surface area contributed by atoms with Gasteiger partial charge in [-0.15, -0.1) is 0 Å². The molecule has 0 aliphatic carbocycles. The zero-order valence-corrected chi connectivity index (χ0v) is 16.3. The summed E-state index contributed by atoms with van der Waals surface area (Å²) in [6.45, 7) is 1.41. The van der Waals surface area contributed by atoms with Crippen molar-refractivity contribution < 1.29 is 27.5 Å². The number of amides is 1. The topological polar surface area (TPSA) is 56.7 Å². The summed E-state index contributed by atoms with van der Waals surface area (Å²) in [6.07, 6.45) is -5.35. The third-order valence-electron chi connectivity index (χ3n) is 4.79. The Hall–Kier alpha value is -2.39. The first-order chi connectivity index (χ1) is 13.5. The fourth-order valence-corrected chi connectivity index (χ4v) is 3.51. The van der Waals surface area contributed by atoms with E-state index in [1.165, 1.54) is 35.9 Å². The second-order valence-corrected chi connectivity index (χ2v) is 7.24. The molecule has 5 nitrogen and oxygen atoms in total. The molecule has 2 atom stereocenters. The summed E-state index contributed by atoms with van der Waals surface area (Å²) < 4.78 is 52.9. The van der Waals surface area contributed by atoms with Crippen LogP contribution in [0.15, 0.2) is 30.3 Å². The van der Waals surface area contributed by atoms with Gasteiger partial charge in [-0.1, -0.05) is 11.6 Å². The number of aliphatic hydroxyl groups excluding tert-OH is 1. The Labute approximate surface area is 169 Å². The van der Waals surface area contributed by atoms with E-state index >= 15 is 0 Å². The molecule has 1 N–H and O–H groups in total. The number of benzene rings is 1. The quantitative estimate of drug-likeness (QED) is 0.742. The van der Waals surface area contributed by atoms with Crippen molar-refractivity contribution in [1.82, 2.24) is 4.98 Å². The lowest BCUT2D eigenvalue weighted by molar-refractivity contribution is -0.137. The highest BCUT2D eigenvalue weighted by atomic mass is 35.5. The van der Waals surface area contributed by atoms with Gasteiger partial charge in [-0.05, 0) is 50.1 Å². The Bertz CT molecular complexity index is 938. The van der Waals surface area contributed by atoms with Gasteiger partial charge in [0.1, 0.15) is 23.9 Å². The molecule has 0 saturated carbocycles. The zero-order chi connectivity index (χ0) is 21.5. The van der Waals surface area contributed by atoms with Crippen LogP contribution in [0.1, 0.15) is 24.1 Å². The van der Waals surface area contributed by atoms with E-state index in [1.54, 1.807) is 0 Å². The van der Waals surface area contributed by atoms with Crippen molar-refractivity contribution >= 4 is 29.0 Å². The fourth-order valence-electron chi connectivity index (χ4n) is 3.34. The number of hydrogen-bond donors (Lipinski definition) is 1. The van der Waals surface area contributed by atoms with Crippen molar-refractivity contribution in [2.24, 2.45) is 0 Å². The Morgan fingerprint density at radius 1 is 1.28 bits per heavy atom. The first kappa shape index (κ1) is 21.3. The first-order valence-electron chi connectivity index (χ1n) is 8.74. The van der Waals surface area contributed by atoms with Gasteiger partial charge in [-0.3, -0.25) is 4.79 Å². The van der Waals surface area contributed by atoms with Gasteiger partial charge >= 0.3 is 6.18 Å². The molecular weight excluding hydrogens is 414 g/mol. The van der Waals surface area contributed by atoms with Crippen LogP contribution in [0.2, 0.25) is 5.02 Å². The number of likely N-dealkylation sites (N-methyl/N-ethyl adjacent to an activating group) is 1. The molecule has 1 fully saturated rings. The Morgan fingerprint density at radius 2 is 1.97 bits per heavy atom. The summed E-state index contributed by atoms with van der Waals surface area (Å²) in [5, 5.41) is 10.2. The van der Waals surface area contributed by atoms with Crippen LogP contribution in [0.25, 0.3) is 0 Å². The molecular formula is C19H18ClF4N3O2. The van der Waals surface area contributed by atoms with E-state index in [1.807, 2.05) is 0 Å². The van der Waals surface area contributed by atoms with E-state index in [0.29, 0.717) is 5.69 Å². The molecule has 0 bridgehead atoms. The summed E-state index contributed by atoms with van der Waals surface area (Å²) in [5.41, 5.74) is -0.487. The summed E-state index contributed by atoms with van der Waals surface area (Å²) >= 11 is 5.77. The largest absolute Gasteiger partial charge is 0.416 e. The summed E-state index contributed by atoms with van der Waals surface area (Å²) in [5.74, 6) is -1.26. The maximum absolute atomic E-state index is 13.4. The average molecular weight is 432 g/mol. The van der Waals surface area contributed by atoms with Gasteiger partial charge in [0.05, 0.1) is 10.6 Å². The van der Waals surface area contributed by atoms with Gasteiger partial charge in [0.25, 0.3) is 0 Å². The Kier molecular flexibility index (Phi) is 5.73. The van der Waals surface area contributed by atoms with E-state index in [-0.39, 0.29) is 29.4 Å². The standard InChI is InChI=1S/C19H18ClF4N3O2/c1-10-7-11(19(22,23)24)8-16(25-10)27-15(5-6-17(27)28)18(29)26(2)12-3-4-14(21)13(20)9-12/h3-4,7-9,15,17,28H,5-6H2,1-2H3/t15-,17-/m0/s1. The molecule has 1 aliphatic heterocycles. The van der Waals surface area contributed by atoms with Crippen LogP contribution in [0, 0.1) is 12.7 Å². The number of carbonyl (C=O) groups is 1. The minimum Gasteiger partial charge on any atom is -0.374 e. The molecule has 3 rings (SSSR count). The van der Waals surface area contributed by atoms with E-state index in [9.17, 15) is 27.5 Å².